The highest BCUT2D eigenvalue weighted by Gasteiger charge is 2.23. The lowest BCUT2D eigenvalue weighted by Gasteiger charge is -2.24. The number of hydrogen-bond acceptors (Lipinski definition) is 5. The van der Waals surface area contributed by atoms with Crippen LogP contribution in [0.3, 0.4) is 0 Å². The molecule has 0 fully saturated rings. The van der Waals surface area contributed by atoms with E-state index in [2.05, 4.69) is 35.3 Å². The maximum absolute atomic E-state index is 12.7. The van der Waals surface area contributed by atoms with E-state index in [1.807, 2.05) is 12.1 Å². The van der Waals surface area contributed by atoms with Gasteiger partial charge in [-0.3, -0.25) is 0 Å². The fourth-order valence-electron chi connectivity index (χ4n) is 4.28. The Balaban J connectivity index is 1.60. The summed E-state index contributed by atoms with van der Waals surface area (Å²) in [5, 5.41) is 8.98. The minimum atomic E-state index is -0.927. The largest absolute Gasteiger partial charge is 0.477 e. The summed E-state index contributed by atoms with van der Waals surface area (Å²) in [6.45, 7) is 2.81. The van der Waals surface area contributed by atoms with Crippen molar-refractivity contribution in [3.8, 4) is 0 Å². The van der Waals surface area contributed by atoms with Crippen LogP contribution in [0.5, 0.6) is 0 Å². The topological polar surface area (TPSA) is 80.0 Å². The fraction of sp³-hybridized carbons (Fsp3) is 0.296. The SMILES string of the molecule is CCOC(=O)/C(=C\c1ccc2c(c1)CCN2C1=CCC(OC)C=C1)c1cc[n+](CC(=O)O)cc1. The van der Waals surface area contributed by atoms with Crippen LogP contribution in [0.2, 0.25) is 0 Å². The molecule has 7 nitrogen and oxygen atoms in total. The molecule has 34 heavy (non-hydrogen) atoms. The van der Waals surface area contributed by atoms with Gasteiger partial charge >= 0.3 is 11.9 Å². The Labute approximate surface area is 199 Å². The first-order chi connectivity index (χ1) is 16.5. The molecule has 1 aromatic heterocycles. The predicted molar refractivity (Wildman–Crippen MR) is 129 cm³/mol. The van der Waals surface area contributed by atoms with Crippen LogP contribution in [-0.4, -0.2) is 43.4 Å². The van der Waals surface area contributed by atoms with E-state index in [1.165, 1.54) is 16.9 Å². The monoisotopic (exact) mass is 461 g/mol. The molecule has 1 aliphatic carbocycles. The third kappa shape index (κ3) is 5.26. The lowest BCUT2D eigenvalue weighted by molar-refractivity contribution is -0.685. The first-order valence-electron chi connectivity index (χ1n) is 11.4. The average Bonchev–Trinajstić information content (AvgIpc) is 3.26. The Kier molecular flexibility index (Phi) is 7.23. The molecular formula is C27H29N2O5+. The molecule has 1 atom stereocenters. The quantitative estimate of drug-likeness (QED) is 0.369. The molecule has 1 aliphatic heterocycles. The predicted octanol–water partition coefficient (Wildman–Crippen LogP) is 3.38. The smallest absolute Gasteiger partial charge is 0.370 e. The normalized spacial score (nSPS) is 17.4. The number of carbonyl (C=O) groups is 2. The van der Waals surface area contributed by atoms with E-state index in [1.54, 1.807) is 43.1 Å². The van der Waals surface area contributed by atoms with Gasteiger partial charge in [0.25, 0.3) is 0 Å². The van der Waals surface area contributed by atoms with Crippen LogP contribution in [0.15, 0.2) is 66.7 Å². The van der Waals surface area contributed by atoms with E-state index >= 15 is 0 Å². The van der Waals surface area contributed by atoms with Gasteiger partial charge < -0.3 is 19.5 Å². The molecule has 7 heteroatoms. The molecule has 0 bridgehead atoms. The molecule has 0 saturated carbocycles. The van der Waals surface area contributed by atoms with Gasteiger partial charge in [-0.15, -0.1) is 0 Å². The Morgan fingerprint density at radius 1 is 1.24 bits per heavy atom. The number of esters is 1. The van der Waals surface area contributed by atoms with E-state index in [9.17, 15) is 9.59 Å². The van der Waals surface area contributed by atoms with Gasteiger partial charge in [0.15, 0.2) is 12.4 Å². The Morgan fingerprint density at radius 3 is 2.68 bits per heavy atom. The van der Waals surface area contributed by atoms with E-state index in [0.717, 1.165) is 24.9 Å². The summed E-state index contributed by atoms with van der Waals surface area (Å²) in [5.41, 5.74) is 5.61. The van der Waals surface area contributed by atoms with Crippen LogP contribution in [0.4, 0.5) is 5.69 Å². The summed E-state index contributed by atoms with van der Waals surface area (Å²) in [6.07, 6.45) is 13.5. The van der Waals surface area contributed by atoms with E-state index in [0.29, 0.717) is 11.1 Å². The van der Waals surface area contributed by atoms with Gasteiger partial charge in [-0.2, -0.15) is 4.57 Å². The Bertz CT molecular complexity index is 1160. The Hall–Kier alpha value is -3.71. The molecule has 0 saturated heterocycles. The van der Waals surface area contributed by atoms with Crippen LogP contribution in [-0.2, 0) is 32.0 Å². The summed E-state index contributed by atoms with van der Waals surface area (Å²) >= 11 is 0. The molecule has 0 amide bonds. The molecule has 1 unspecified atom stereocenters. The number of fused-ring (bicyclic) bond motifs is 1. The third-order valence-corrected chi connectivity index (χ3v) is 5.98. The number of carboxylic acid groups (broad SMARTS) is 1. The number of ether oxygens (including phenoxy) is 2. The van der Waals surface area contributed by atoms with Crippen molar-refractivity contribution >= 4 is 29.3 Å². The summed E-state index contributed by atoms with van der Waals surface area (Å²) in [7, 11) is 1.72. The first-order valence-corrected chi connectivity index (χ1v) is 11.4. The number of aliphatic carboxylic acids is 1. The molecule has 1 N–H and O–H groups in total. The lowest BCUT2D eigenvalue weighted by Crippen LogP contribution is -2.37. The number of nitrogens with zero attached hydrogens (tertiary/aromatic N) is 2. The number of aromatic nitrogens is 1. The number of allylic oxidation sites excluding steroid dienone is 1. The number of hydrogen-bond donors (Lipinski definition) is 1. The average molecular weight is 462 g/mol. The van der Waals surface area contributed by atoms with Gasteiger partial charge in [-0.25, -0.2) is 9.59 Å². The number of anilines is 1. The maximum Gasteiger partial charge on any atom is 0.370 e. The van der Waals surface area contributed by atoms with Crippen molar-refractivity contribution in [3.05, 3.63) is 83.3 Å². The molecule has 2 aliphatic rings. The number of pyridine rings is 1. The summed E-state index contributed by atoms with van der Waals surface area (Å²) < 4.78 is 12.2. The van der Waals surface area contributed by atoms with Gasteiger partial charge in [0.2, 0.25) is 6.54 Å². The lowest BCUT2D eigenvalue weighted by atomic mass is 10.0. The van der Waals surface area contributed by atoms with Crippen molar-refractivity contribution in [2.45, 2.75) is 32.4 Å². The molecular weight excluding hydrogens is 432 g/mol. The molecule has 176 valence electrons. The highest BCUT2D eigenvalue weighted by molar-refractivity contribution is 6.21. The second-order valence-electron chi connectivity index (χ2n) is 8.22. The van der Waals surface area contributed by atoms with Crippen molar-refractivity contribution in [1.82, 2.24) is 0 Å². The number of rotatable bonds is 8. The van der Waals surface area contributed by atoms with Gasteiger partial charge in [-0.05, 0) is 55.2 Å². The van der Waals surface area contributed by atoms with Gasteiger partial charge in [0, 0.05) is 42.7 Å². The number of carboxylic acids is 1. The van der Waals surface area contributed by atoms with E-state index < -0.39 is 11.9 Å². The molecule has 0 radical (unpaired) electrons. The van der Waals surface area contributed by atoms with Gasteiger partial charge in [0.1, 0.15) is 0 Å². The van der Waals surface area contributed by atoms with Crippen LogP contribution >= 0.6 is 0 Å². The Morgan fingerprint density at radius 2 is 2.03 bits per heavy atom. The summed E-state index contributed by atoms with van der Waals surface area (Å²) in [4.78, 5) is 26.0. The summed E-state index contributed by atoms with van der Waals surface area (Å²) in [5.74, 6) is -1.34. The van der Waals surface area contributed by atoms with Crippen molar-refractivity contribution < 1.29 is 28.7 Å². The molecule has 0 spiro atoms. The van der Waals surface area contributed by atoms with Crippen molar-refractivity contribution in [3.63, 3.8) is 0 Å². The maximum atomic E-state index is 12.7. The van der Waals surface area contributed by atoms with Crippen LogP contribution < -0.4 is 9.47 Å². The van der Waals surface area contributed by atoms with E-state index in [-0.39, 0.29) is 19.3 Å². The van der Waals surface area contributed by atoms with Gasteiger partial charge in [0.05, 0.1) is 18.3 Å². The van der Waals surface area contributed by atoms with Crippen molar-refractivity contribution in [2.24, 2.45) is 0 Å². The van der Waals surface area contributed by atoms with Crippen LogP contribution in [0, 0.1) is 0 Å². The molecule has 1 aromatic carbocycles. The summed E-state index contributed by atoms with van der Waals surface area (Å²) in [6, 6.07) is 9.69. The zero-order valence-corrected chi connectivity index (χ0v) is 19.4. The van der Waals surface area contributed by atoms with Crippen LogP contribution in [0.25, 0.3) is 11.6 Å². The van der Waals surface area contributed by atoms with Crippen LogP contribution in [0.1, 0.15) is 30.0 Å². The van der Waals surface area contributed by atoms with Crippen molar-refractivity contribution in [2.75, 3.05) is 25.2 Å². The zero-order chi connectivity index (χ0) is 24.1. The standard InChI is InChI=1S/C27H28N2O5/c1-3-34-27(32)24(20-10-13-28(14-11-20)18-26(30)31)17-19-4-9-25-21(16-19)12-15-29(25)22-5-7-23(33-2)8-6-22/h4-7,9-11,13-14,16-17,23H,3,8,12,15,18H2,1-2H3/p+1. The number of carbonyl (C=O) groups excluding carboxylic acids is 1. The second kappa shape index (κ2) is 10.5. The first kappa shape index (κ1) is 23.4. The highest BCUT2D eigenvalue weighted by atomic mass is 16.5. The molecule has 2 heterocycles. The fourth-order valence-corrected chi connectivity index (χ4v) is 4.28. The van der Waals surface area contributed by atoms with E-state index in [4.69, 9.17) is 14.6 Å². The molecule has 2 aromatic rings. The highest BCUT2D eigenvalue weighted by Crippen LogP contribution is 2.34. The third-order valence-electron chi connectivity index (χ3n) is 5.98. The minimum absolute atomic E-state index is 0.135. The molecule has 4 rings (SSSR count). The number of benzene rings is 1. The van der Waals surface area contributed by atoms with Crippen molar-refractivity contribution in [1.29, 1.82) is 0 Å². The number of methoxy groups -OCH3 is 1. The minimum Gasteiger partial charge on any atom is -0.477 e. The second-order valence-corrected chi connectivity index (χ2v) is 8.22. The van der Waals surface area contributed by atoms with Gasteiger partial charge in [-0.1, -0.05) is 18.2 Å². The zero-order valence-electron chi connectivity index (χ0n) is 19.4.